The molecule has 0 aliphatic heterocycles. The smallest absolute Gasteiger partial charge is 0.255 e. The molecule has 0 unspecified atom stereocenters. The Bertz CT molecular complexity index is 628. The maximum absolute atomic E-state index is 12.4. The van der Waals surface area contributed by atoms with Crippen LogP contribution in [0.4, 0.5) is 0 Å². The molecule has 0 aliphatic carbocycles. The second-order valence-electron chi connectivity index (χ2n) is 4.41. The van der Waals surface area contributed by atoms with E-state index in [4.69, 9.17) is 11.6 Å². The van der Waals surface area contributed by atoms with Crippen molar-refractivity contribution in [3.63, 3.8) is 0 Å². The van der Waals surface area contributed by atoms with Gasteiger partial charge in [0.1, 0.15) is 0 Å². The molecule has 0 heterocycles. The fraction of sp³-hybridized carbons (Fsp3) is 0.133. The summed E-state index contributed by atoms with van der Waals surface area (Å²) in [4.78, 5) is 14.1. The van der Waals surface area contributed by atoms with Gasteiger partial charge in [-0.05, 0) is 35.9 Å². The van der Waals surface area contributed by atoms with Gasteiger partial charge in [0.05, 0.1) is 10.6 Å². The molecule has 0 saturated carbocycles. The first kappa shape index (κ1) is 15.5. The van der Waals surface area contributed by atoms with Crippen LogP contribution < -0.4 is 0 Å². The minimum absolute atomic E-state index is 0.0979. The number of halogens is 3. The molecule has 2 aromatic carbocycles. The summed E-state index contributed by atoms with van der Waals surface area (Å²) in [5.41, 5.74) is 1.57. The summed E-state index contributed by atoms with van der Waals surface area (Å²) < 4.78 is 1.85. The molecule has 0 aromatic heterocycles. The van der Waals surface area contributed by atoms with Crippen molar-refractivity contribution in [1.82, 2.24) is 4.90 Å². The molecule has 0 bridgehead atoms. The van der Waals surface area contributed by atoms with Crippen molar-refractivity contribution in [2.24, 2.45) is 0 Å². The van der Waals surface area contributed by atoms with Crippen LogP contribution in [0.15, 0.2) is 51.4 Å². The molecule has 2 rings (SSSR count). The van der Waals surface area contributed by atoms with E-state index in [1.807, 2.05) is 30.3 Å². The van der Waals surface area contributed by atoms with Crippen molar-refractivity contribution >= 4 is 49.4 Å². The molecule has 104 valence electrons. The Morgan fingerprint density at radius 1 is 1.10 bits per heavy atom. The normalized spacial score (nSPS) is 10.4. The standard InChI is InChI=1S/C15H12Br2ClNO/c1-19(9-10-2-4-11(16)5-3-10)15(20)13-8-12(17)6-7-14(13)18/h2-8H,9H2,1H3. The van der Waals surface area contributed by atoms with Gasteiger partial charge in [-0.15, -0.1) is 0 Å². The molecule has 2 aromatic rings. The Labute approximate surface area is 140 Å². The van der Waals surface area contributed by atoms with Crippen LogP contribution in [0.25, 0.3) is 0 Å². The van der Waals surface area contributed by atoms with Gasteiger partial charge in [-0.25, -0.2) is 0 Å². The van der Waals surface area contributed by atoms with Crippen LogP contribution in [0.3, 0.4) is 0 Å². The fourth-order valence-corrected chi connectivity index (χ4v) is 2.63. The van der Waals surface area contributed by atoms with Crippen LogP contribution in [0.2, 0.25) is 5.02 Å². The monoisotopic (exact) mass is 415 g/mol. The Hall–Kier alpha value is -0.840. The van der Waals surface area contributed by atoms with Crippen LogP contribution in [0.5, 0.6) is 0 Å². The Morgan fingerprint density at radius 2 is 1.70 bits per heavy atom. The molecule has 1 amide bonds. The molecular weight excluding hydrogens is 405 g/mol. The van der Waals surface area contributed by atoms with Gasteiger partial charge in [-0.1, -0.05) is 55.6 Å². The van der Waals surface area contributed by atoms with E-state index in [9.17, 15) is 4.79 Å². The number of hydrogen-bond acceptors (Lipinski definition) is 1. The van der Waals surface area contributed by atoms with Crippen LogP contribution in [0.1, 0.15) is 15.9 Å². The molecule has 0 radical (unpaired) electrons. The summed E-state index contributed by atoms with van der Waals surface area (Å²) in [6.07, 6.45) is 0. The zero-order valence-electron chi connectivity index (χ0n) is 10.7. The van der Waals surface area contributed by atoms with Gasteiger partial charge in [0.15, 0.2) is 0 Å². The van der Waals surface area contributed by atoms with Crippen molar-refractivity contribution in [3.05, 3.63) is 67.6 Å². The van der Waals surface area contributed by atoms with Crippen molar-refractivity contribution in [1.29, 1.82) is 0 Å². The molecule has 5 heteroatoms. The minimum Gasteiger partial charge on any atom is -0.337 e. The topological polar surface area (TPSA) is 20.3 Å². The highest BCUT2D eigenvalue weighted by Crippen LogP contribution is 2.23. The van der Waals surface area contributed by atoms with Gasteiger partial charge in [0.2, 0.25) is 0 Å². The average molecular weight is 418 g/mol. The third-order valence-corrected chi connectivity index (χ3v) is 4.19. The molecule has 0 saturated heterocycles. The molecule has 0 spiro atoms. The van der Waals surface area contributed by atoms with Crippen LogP contribution in [-0.2, 0) is 6.54 Å². The number of nitrogens with zero attached hydrogens (tertiary/aromatic N) is 1. The summed E-state index contributed by atoms with van der Waals surface area (Å²) in [6.45, 7) is 0.537. The fourth-order valence-electron chi connectivity index (χ4n) is 1.80. The lowest BCUT2D eigenvalue weighted by molar-refractivity contribution is 0.0785. The maximum atomic E-state index is 12.4. The van der Waals surface area contributed by atoms with Gasteiger partial charge < -0.3 is 4.90 Å². The summed E-state index contributed by atoms with van der Waals surface area (Å²) in [5, 5.41) is 0.459. The third kappa shape index (κ3) is 3.84. The van der Waals surface area contributed by atoms with E-state index < -0.39 is 0 Å². The zero-order valence-corrected chi connectivity index (χ0v) is 14.7. The van der Waals surface area contributed by atoms with E-state index >= 15 is 0 Å². The number of benzene rings is 2. The van der Waals surface area contributed by atoms with Crippen molar-refractivity contribution in [2.45, 2.75) is 6.54 Å². The van der Waals surface area contributed by atoms with Crippen molar-refractivity contribution in [2.75, 3.05) is 7.05 Å². The minimum atomic E-state index is -0.0979. The predicted molar refractivity (Wildman–Crippen MR) is 89.1 cm³/mol. The lowest BCUT2D eigenvalue weighted by Crippen LogP contribution is -2.26. The SMILES string of the molecule is CN(Cc1ccc(Br)cc1)C(=O)c1cc(Br)ccc1Cl. The van der Waals surface area contributed by atoms with Gasteiger partial charge >= 0.3 is 0 Å². The van der Waals surface area contributed by atoms with E-state index in [-0.39, 0.29) is 5.91 Å². The molecule has 0 aliphatic rings. The number of carbonyl (C=O) groups is 1. The first-order valence-corrected chi connectivity index (χ1v) is 7.89. The summed E-state index contributed by atoms with van der Waals surface area (Å²) >= 11 is 12.8. The second kappa shape index (κ2) is 6.74. The Morgan fingerprint density at radius 3 is 2.35 bits per heavy atom. The first-order chi connectivity index (χ1) is 9.47. The van der Waals surface area contributed by atoms with Crippen LogP contribution in [0, 0.1) is 0 Å². The highest BCUT2D eigenvalue weighted by Gasteiger charge is 2.15. The first-order valence-electron chi connectivity index (χ1n) is 5.92. The summed E-state index contributed by atoms with van der Waals surface area (Å²) in [6, 6.07) is 13.1. The second-order valence-corrected chi connectivity index (χ2v) is 6.65. The molecule has 0 atom stereocenters. The largest absolute Gasteiger partial charge is 0.337 e. The molecule has 20 heavy (non-hydrogen) atoms. The molecule has 0 N–H and O–H groups in total. The average Bonchev–Trinajstić information content (AvgIpc) is 2.43. The molecule has 2 nitrogen and oxygen atoms in total. The lowest BCUT2D eigenvalue weighted by Gasteiger charge is -2.18. The van der Waals surface area contributed by atoms with E-state index in [1.165, 1.54) is 0 Å². The quantitative estimate of drug-likeness (QED) is 0.677. The number of amides is 1. The Balaban J connectivity index is 2.16. The van der Waals surface area contributed by atoms with Gasteiger partial charge in [0.25, 0.3) is 5.91 Å². The van der Waals surface area contributed by atoms with Crippen LogP contribution in [-0.4, -0.2) is 17.9 Å². The number of hydrogen-bond donors (Lipinski definition) is 0. The highest BCUT2D eigenvalue weighted by atomic mass is 79.9. The Kier molecular flexibility index (Phi) is 5.24. The molecule has 0 fully saturated rings. The van der Waals surface area contributed by atoms with E-state index in [0.29, 0.717) is 17.1 Å². The molecular formula is C15H12Br2ClNO. The van der Waals surface area contributed by atoms with Crippen LogP contribution >= 0.6 is 43.5 Å². The summed E-state index contributed by atoms with van der Waals surface area (Å²) in [5.74, 6) is -0.0979. The van der Waals surface area contributed by atoms with Gasteiger partial charge in [0, 0.05) is 22.5 Å². The van der Waals surface area contributed by atoms with E-state index in [0.717, 1.165) is 14.5 Å². The maximum Gasteiger partial charge on any atom is 0.255 e. The zero-order chi connectivity index (χ0) is 14.7. The number of carbonyl (C=O) groups excluding carboxylic acids is 1. The third-order valence-electron chi connectivity index (χ3n) is 2.84. The van der Waals surface area contributed by atoms with E-state index in [2.05, 4.69) is 31.9 Å². The number of rotatable bonds is 3. The van der Waals surface area contributed by atoms with E-state index in [1.54, 1.807) is 24.1 Å². The summed E-state index contributed by atoms with van der Waals surface area (Å²) in [7, 11) is 1.77. The van der Waals surface area contributed by atoms with Crippen molar-refractivity contribution in [3.8, 4) is 0 Å². The highest BCUT2D eigenvalue weighted by molar-refractivity contribution is 9.10. The predicted octanol–water partition coefficient (Wildman–Crippen LogP) is 5.14. The van der Waals surface area contributed by atoms with Gasteiger partial charge in [-0.3, -0.25) is 4.79 Å². The van der Waals surface area contributed by atoms with Crippen molar-refractivity contribution < 1.29 is 4.79 Å². The lowest BCUT2D eigenvalue weighted by atomic mass is 10.1. The van der Waals surface area contributed by atoms with Gasteiger partial charge in [-0.2, -0.15) is 0 Å².